The van der Waals surface area contributed by atoms with Crippen LogP contribution in [0.1, 0.15) is 22.3 Å². The molecule has 0 spiro atoms. The van der Waals surface area contributed by atoms with Crippen LogP contribution in [0.3, 0.4) is 0 Å². The normalized spacial score (nSPS) is 11.2. The predicted octanol–water partition coefficient (Wildman–Crippen LogP) is 20.9. The fourth-order valence-electron chi connectivity index (χ4n) is 12.1. The highest BCUT2D eigenvalue weighted by Gasteiger charge is 2.16. The van der Waals surface area contributed by atoms with Crippen molar-refractivity contribution in [3.8, 4) is 17.1 Å². The first kappa shape index (κ1) is 54.9. The lowest BCUT2D eigenvalue weighted by Gasteiger charge is -2.11. The summed E-state index contributed by atoms with van der Waals surface area (Å²) in [5.41, 5.74) is 33.1. The van der Waals surface area contributed by atoms with Gasteiger partial charge in [0.05, 0.1) is 33.1 Å². The first-order valence-corrected chi connectivity index (χ1v) is 30.4. The Hall–Kier alpha value is -11.1. The average Bonchev–Trinajstić information content (AvgIpc) is 2.07. The molecule has 424 valence electrons. The standard InChI is InChI=1S/C49H36N4.C18H12BrN.C13H14N2/c1-3-11-40(12-4-1)52-46-17-9-7-15-42(46)44-32-38(27-29-48(44)52)50-36-23-19-34(20-24-36)31-35-21-25-37(26-22-35)51-39-28-30-49-45(33-39)43-16-8-10-18-47(43)53(49)41-13-5-2-6-14-41;19-13-10-11-18-16(12-13)15-8-4-5-9-17(15)20(18)14-6-2-1-3-7-14;14-12-5-1-10(2-6-12)9-11-3-7-13(15)8-4-11/h1-30,32-33,50-51H,31H2;1-12H;1-8H,9,14-15H2. The maximum absolute atomic E-state index is 5.62. The van der Waals surface area contributed by atoms with Gasteiger partial charge in [0.25, 0.3) is 0 Å². The van der Waals surface area contributed by atoms with Gasteiger partial charge < -0.3 is 35.8 Å². The van der Waals surface area contributed by atoms with Crippen molar-refractivity contribution in [2.75, 3.05) is 22.1 Å². The Kier molecular flexibility index (Phi) is 15.3. The van der Waals surface area contributed by atoms with Gasteiger partial charge in [0.1, 0.15) is 0 Å². The van der Waals surface area contributed by atoms with E-state index in [0.29, 0.717) is 0 Å². The number of para-hydroxylation sites is 6. The van der Waals surface area contributed by atoms with Crippen molar-refractivity contribution >= 4 is 115 Å². The summed E-state index contributed by atoms with van der Waals surface area (Å²) in [6.45, 7) is 0. The minimum absolute atomic E-state index is 0.802. The van der Waals surface area contributed by atoms with E-state index in [9.17, 15) is 0 Å². The van der Waals surface area contributed by atoms with Crippen molar-refractivity contribution in [2.45, 2.75) is 12.8 Å². The molecule has 0 atom stereocenters. The van der Waals surface area contributed by atoms with Gasteiger partial charge in [0, 0.05) is 88.0 Å². The maximum Gasteiger partial charge on any atom is 0.0542 e. The van der Waals surface area contributed by atoms with Gasteiger partial charge in [-0.05, 0) is 193 Å². The van der Waals surface area contributed by atoms with E-state index in [1.807, 2.05) is 54.6 Å². The molecule has 0 aliphatic rings. The van der Waals surface area contributed by atoms with Gasteiger partial charge in [0.15, 0.2) is 0 Å². The Morgan fingerprint density at radius 2 is 0.523 bits per heavy atom. The number of fused-ring (bicyclic) bond motifs is 9. The van der Waals surface area contributed by atoms with Gasteiger partial charge in [-0.3, -0.25) is 0 Å². The maximum atomic E-state index is 5.62. The summed E-state index contributed by atoms with van der Waals surface area (Å²) < 4.78 is 8.12. The zero-order valence-electron chi connectivity index (χ0n) is 48.3. The Morgan fingerprint density at radius 1 is 0.250 bits per heavy atom. The highest BCUT2D eigenvalue weighted by atomic mass is 79.9. The molecule has 7 nitrogen and oxygen atoms in total. The monoisotopic (exact) mass is 1200 g/mol. The third kappa shape index (κ3) is 11.5. The molecule has 16 rings (SSSR count). The second kappa shape index (κ2) is 24.5. The van der Waals surface area contributed by atoms with E-state index in [1.165, 1.54) is 105 Å². The van der Waals surface area contributed by atoms with Crippen LogP contribution in [-0.4, -0.2) is 13.7 Å². The zero-order valence-corrected chi connectivity index (χ0v) is 49.9. The van der Waals surface area contributed by atoms with Crippen molar-refractivity contribution in [1.29, 1.82) is 0 Å². The first-order valence-electron chi connectivity index (χ1n) is 29.7. The van der Waals surface area contributed by atoms with Crippen molar-refractivity contribution < 1.29 is 0 Å². The molecule has 13 aromatic carbocycles. The predicted molar refractivity (Wildman–Crippen MR) is 377 cm³/mol. The van der Waals surface area contributed by atoms with Crippen LogP contribution in [0.15, 0.2) is 320 Å². The number of hydrogen-bond acceptors (Lipinski definition) is 4. The quantitative estimate of drug-likeness (QED) is 0.0972. The Morgan fingerprint density at radius 3 is 0.875 bits per heavy atom. The molecule has 3 heterocycles. The van der Waals surface area contributed by atoms with E-state index in [2.05, 4.69) is 301 Å². The van der Waals surface area contributed by atoms with Crippen LogP contribution in [-0.2, 0) is 12.8 Å². The van der Waals surface area contributed by atoms with Crippen LogP contribution < -0.4 is 22.1 Å². The second-order valence-corrected chi connectivity index (χ2v) is 23.1. The van der Waals surface area contributed by atoms with Crippen LogP contribution in [0.2, 0.25) is 0 Å². The number of anilines is 6. The Labute approximate surface area is 520 Å². The number of nitrogens with one attached hydrogen (secondary N) is 2. The smallest absolute Gasteiger partial charge is 0.0542 e. The van der Waals surface area contributed by atoms with Crippen LogP contribution >= 0.6 is 15.9 Å². The topological polar surface area (TPSA) is 90.9 Å². The van der Waals surface area contributed by atoms with E-state index in [4.69, 9.17) is 11.5 Å². The van der Waals surface area contributed by atoms with Gasteiger partial charge in [-0.1, -0.05) is 174 Å². The number of aromatic nitrogens is 3. The van der Waals surface area contributed by atoms with Gasteiger partial charge in [-0.25, -0.2) is 0 Å². The molecule has 0 amide bonds. The summed E-state index contributed by atoms with van der Waals surface area (Å²) in [7, 11) is 0. The average molecular weight is 1200 g/mol. The minimum Gasteiger partial charge on any atom is -0.399 e. The molecule has 0 fully saturated rings. The number of nitrogens with zero attached hydrogens (tertiary/aromatic N) is 3. The van der Waals surface area contributed by atoms with Crippen molar-refractivity contribution in [1.82, 2.24) is 13.7 Å². The number of halogens is 1. The summed E-state index contributed by atoms with van der Waals surface area (Å²) in [5.74, 6) is 0. The molecule has 16 aromatic rings. The van der Waals surface area contributed by atoms with Gasteiger partial charge >= 0.3 is 0 Å². The highest BCUT2D eigenvalue weighted by Crippen LogP contribution is 2.38. The molecular weight excluding hydrogens is 1140 g/mol. The van der Waals surface area contributed by atoms with E-state index in [0.717, 1.165) is 51.4 Å². The molecule has 8 heteroatoms. The lowest BCUT2D eigenvalue weighted by Crippen LogP contribution is -1.95. The zero-order chi connectivity index (χ0) is 59.3. The van der Waals surface area contributed by atoms with Crippen LogP contribution in [0.5, 0.6) is 0 Å². The summed E-state index contributed by atoms with van der Waals surface area (Å²) in [5, 5.41) is 14.8. The van der Waals surface area contributed by atoms with E-state index < -0.39 is 0 Å². The number of nitrogens with two attached hydrogens (primary N) is 2. The van der Waals surface area contributed by atoms with Gasteiger partial charge in [-0.2, -0.15) is 0 Å². The van der Waals surface area contributed by atoms with Gasteiger partial charge in [-0.15, -0.1) is 0 Å². The van der Waals surface area contributed by atoms with Crippen molar-refractivity contribution in [3.63, 3.8) is 0 Å². The molecule has 88 heavy (non-hydrogen) atoms. The van der Waals surface area contributed by atoms with E-state index >= 15 is 0 Å². The third-order valence-electron chi connectivity index (χ3n) is 16.3. The van der Waals surface area contributed by atoms with Crippen LogP contribution in [0.25, 0.3) is 82.5 Å². The molecule has 3 aromatic heterocycles. The number of rotatable bonds is 11. The van der Waals surface area contributed by atoms with E-state index in [1.54, 1.807) is 0 Å². The number of nitrogen functional groups attached to an aromatic ring is 2. The van der Waals surface area contributed by atoms with Crippen LogP contribution in [0.4, 0.5) is 34.1 Å². The van der Waals surface area contributed by atoms with Crippen molar-refractivity contribution in [2.24, 2.45) is 0 Å². The molecule has 0 radical (unpaired) electrons. The second-order valence-electron chi connectivity index (χ2n) is 22.2. The van der Waals surface area contributed by atoms with Crippen LogP contribution in [0, 0.1) is 0 Å². The number of benzene rings is 13. The molecule has 0 bridgehead atoms. The highest BCUT2D eigenvalue weighted by molar-refractivity contribution is 9.10. The molecule has 0 aliphatic heterocycles. The molecule has 0 aliphatic carbocycles. The third-order valence-corrected chi connectivity index (χ3v) is 16.8. The fourth-order valence-corrected chi connectivity index (χ4v) is 12.5. The Balaban J connectivity index is 0.000000157. The first-order chi connectivity index (χ1) is 43.3. The molecule has 0 saturated carbocycles. The summed E-state index contributed by atoms with van der Waals surface area (Å²) in [6.07, 6.45) is 1.79. The molecule has 6 N–H and O–H groups in total. The molecule has 0 unspecified atom stereocenters. The fraction of sp³-hybridized carbons (Fsp3) is 0.0250. The molecule has 0 saturated heterocycles. The van der Waals surface area contributed by atoms with E-state index in [-0.39, 0.29) is 0 Å². The minimum atomic E-state index is 0.802. The Bertz CT molecular complexity index is 4830. The summed E-state index contributed by atoms with van der Waals surface area (Å²) in [6, 6.07) is 111. The SMILES string of the molecule is Brc1ccc2c(c1)c1ccccc1n2-c1ccccc1.Nc1ccc(Cc2ccc(N)cc2)cc1.c1ccc(-n2c3ccccc3c3cc(Nc4ccc(Cc5ccc(Nc6ccc7c(c6)c6ccccc6n7-c6ccccc6)cc5)cc4)ccc32)cc1. The summed E-state index contributed by atoms with van der Waals surface area (Å²) in [4.78, 5) is 0. The lowest BCUT2D eigenvalue weighted by atomic mass is 10.0. The van der Waals surface area contributed by atoms with Gasteiger partial charge in [0.2, 0.25) is 0 Å². The largest absolute Gasteiger partial charge is 0.399 e. The molecular formula is C80H62BrN7. The lowest BCUT2D eigenvalue weighted by molar-refractivity contribution is 1.18. The number of hydrogen-bond donors (Lipinski definition) is 4. The summed E-state index contributed by atoms with van der Waals surface area (Å²) >= 11 is 3.57. The van der Waals surface area contributed by atoms with Crippen molar-refractivity contribution in [3.05, 3.63) is 342 Å².